The Balaban J connectivity index is 2.37. The smallest absolute Gasteiger partial charge is 0.433 e. The fourth-order valence-electron chi connectivity index (χ4n) is 1.97. The first kappa shape index (κ1) is 19.6. The van der Waals surface area contributed by atoms with E-state index in [9.17, 15) is 18.0 Å². The zero-order chi connectivity index (χ0) is 19.5. The molecule has 26 heavy (non-hydrogen) atoms. The van der Waals surface area contributed by atoms with E-state index < -0.39 is 29.9 Å². The normalized spacial score (nSPS) is 13.2. The number of amides is 1. The zero-order valence-electron chi connectivity index (χ0n) is 14.3. The van der Waals surface area contributed by atoms with Gasteiger partial charge >= 0.3 is 12.3 Å². The van der Waals surface area contributed by atoms with Crippen molar-refractivity contribution < 1.29 is 27.1 Å². The number of nitrogens with zero attached hydrogens (tertiary/aromatic N) is 3. The lowest BCUT2D eigenvalue weighted by Crippen LogP contribution is -2.38. The van der Waals surface area contributed by atoms with E-state index in [2.05, 4.69) is 9.97 Å². The van der Waals surface area contributed by atoms with Gasteiger partial charge in [-0.3, -0.25) is 4.98 Å². The molecule has 0 bridgehead atoms. The number of aromatic nitrogens is 2. The Hall–Kier alpha value is -2.71. The third-order valence-corrected chi connectivity index (χ3v) is 3.06. The monoisotopic (exact) mass is 371 g/mol. The Morgan fingerprint density at radius 2 is 1.81 bits per heavy atom. The molecule has 0 aromatic carbocycles. The molecule has 0 saturated heterocycles. The van der Waals surface area contributed by atoms with Crippen molar-refractivity contribution in [1.29, 1.82) is 0 Å². The van der Waals surface area contributed by atoms with Gasteiger partial charge in [-0.05, 0) is 39.0 Å². The Bertz CT molecular complexity index is 743. The van der Waals surface area contributed by atoms with Gasteiger partial charge < -0.3 is 4.74 Å². The molecule has 2 aromatic heterocycles. The number of anilines is 1. The summed E-state index contributed by atoms with van der Waals surface area (Å²) in [6.45, 7) is 4.82. The van der Waals surface area contributed by atoms with Gasteiger partial charge in [-0.15, -0.1) is 0 Å². The van der Waals surface area contributed by atoms with Crippen molar-refractivity contribution >= 4 is 11.9 Å². The van der Waals surface area contributed by atoms with Crippen molar-refractivity contribution in [2.24, 2.45) is 0 Å². The maximum atomic E-state index is 15.0. The number of hydrogen-bond donors (Lipinski definition) is 0. The molecule has 0 aliphatic heterocycles. The van der Waals surface area contributed by atoms with Crippen LogP contribution in [-0.2, 0) is 10.9 Å². The van der Waals surface area contributed by atoms with Gasteiger partial charge in [0.2, 0.25) is 6.30 Å². The lowest BCUT2D eigenvalue weighted by molar-refractivity contribution is -0.141. The summed E-state index contributed by atoms with van der Waals surface area (Å²) < 4.78 is 58.0. The molecule has 0 saturated carbocycles. The molecule has 1 unspecified atom stereocenters. The molecule has 5 nitrogen and oxygen atoms in total. The molecule has 1 amide bonds. The SMILES string of the molecule is CC(C)(C)OC(=O)N(c1ccccn1)C(F)c1ccc(C(F)(F)F)nc1. The lowest BCUT2D eigenvalue weighted by atomic mass is 10.2. The largest absolute Gasteiger partial charge is 0.443 e. The van der Waals surface area contributed by atoms with Crippen LogP contribution in [0.3, 0.4) is 0 Å². The van der Waals surface area contributed by atoms with Crippen molar-refractivity contribution in [3.63, 3.8) is 0 Å². The molecule has 0 fully saturated rings. The van der Waals surface area contributed by atoms with Gasteiger partial charge in [-0.1, -0.05) is 12.1 Å². The van der Waals surface area contributed by atoms with Crippen LogP contribution in [0, 0.1) is 0 Å². The standard InChI is InChI=1S/C17H17F4N3O2/c1-16(2,3)26-15(25)24(13-6-4-5-9-22-13)14(18)11-7-8-12(23-10-11)17(19,20)21/h4-10,14H,1-3H3. The number of halogens is 4. The minimum Gasteiger partial charge on any atom is -0.443 e. The average molecular weight is 371 g/mol. The Labute approximate surface area is 147 Å². The summed E-state index contributed by atoms with van der Waals surface area (Å²) >= 11 is 0. The van der Waals surface area contributed by atoms with Gasteiger partial charge in [0.05, 0.1) is 0 Å². The van der Waals surface area contributed by atoms with Crippen LogP contribution in [0.25, 0.3) is 0 Å². The lowest BCUT2D eigenvalue weighted by Gasteiger charge is -2.29. The number of carbonyl (C=O) groups is 1. The second-order valence-electron chi connectivity index (χ2n) is 6.35. The third-order valence-electron chi connectivity index (χ3n) is 3.06. The highest BCUT2D eigenvalue weighted by molar-refractivity contribution is 5.87. The highest BCUT2D eigenvalue weighted by Crippen LogP contribution is 2.31. The number of rotatable bonds is 3. The quantitative estimate of drug-likeness (QED) is 0.569. The van der Waals surface area contributed by atoms with Gasteiger partial charge in [0.15, 0.2) is 0 Å². The molecule has 1 atom stereocenters. The molecule has 9 heteroatoms. The Morgan fingerprint density at radius 1 is 1.12 bits per heavy atom. The summed E-state index contributed by atoms with van der Waals surface area (Å²) in [6, 6.07) is 6.06. The van der Waals surface area contributed by atoms with Crippen LogP contribution in [0.4, 0.5) is 28.2 Å². The van der Waals surface area contributed by atoms with Gasteiger partial charge in [-0.2, -0.15) is 13.2 Å². The van der Waals surface area contributed by atoms with E-state index in [0.717, 1.165) is 12.3 Å². The van der Waals surface area contributed by atoms with Crippen LogP contribution in [0.15, 0.2) is 42.7 Å². The van der Waals surface area contributed by atoms with E-state index in [1.807, 2.05) is 0 Å². The van der Waals surface area contributed by atoms with Crippen LogP contribution in [0.5, 0.6) is 0 Å². The van der Waals surface area contributed by atoms with E-state index in [1.54, 1.807) is 26.8 Å². The topological polar surface area (TPSA) is 55.3 Å². The second kappa shape index (κ2) is 7.27. The second-order valence-corrected chi connectivity index (χ2v) is 6.35. The molecular formula is C17H17F4N3O2. The predicted molar refractivity (Wildman–Crippen MR) is 86.0 cm³/mol. The Morgan fingerprint density at radius 3 is 2.27 bits per heavy atom. The Kier molecular flexibility index (Phi) is 5.48. The maximum Gasteiger partial charge on any atom is 0.433 e. The summed E-state index contributed by atoms with van der Waals surface area (Å²) in [7, 11) is 0. The van der Waals surface area contributed by atoms with Crippen molar-refractivity contribution in [3.8, 4) is 0 Å². The molecule has 0 spiro atoms. The highest BCUT2D eigenvalue weighted by Gasteiger charge is 2.35. The zero-order valence-corrected chi connectivity index (χ0v) is 14.3. The van der Waals surface area contributed by atoms with Gasteiger partial charge in [0, 0.05) is 18.0 Å². The molecule has 0 aliphatic carbocycles. The maximum absolute atomic E-state index is 15.0. The number of ether oxygens (including phenoxy) is 1. The molecule has 2 heterocycles. The number of pyridine rings is 2. The average Bonchev–Trinajstić information content (AvgIpc) is 2.53. The summed E-state index contributed by atoms with van der Waals surface area (Å²) in [5, 5.41) is 0. The molecular weight excluding hydrogens is 354 g/mol. The minimum atomic E-state index is -4.64. The first-order valence-electron chi connectivity index (χ1n) is 7.59. The van der Waals surface area contributed by atoms with Crippen LogP contribution in [0.2, 0.25) is 0 Å². The van der Waals surface area contributed by atoms with E-state index in [0.29, 0.717) is 11.0 Å². The summed E-state index contributed by atoms with van der Waals surface area (Å²) in [4.78, 5) is 20.2. The van der Waals surface area contributed by atoms with Gasteiger partial charge in [0.1, 0.15) is 17.1 Å². The molecule has 0 radical (unpaired) electrons. The minimum absolute atomic E-state index is 0.0471. The summed E-state index contributed by atoms with van der Waals surface area (Å²) in [6.07, 6.45) is -5.72. The predicted octanol–water partition coefficient (Wildman–Crippen LogP) is 4.91. The number of carbonyl (C=O) groups excluding carboxylic acids is 1. The third kappa shape index (κ3) is 4.90. The van der Waals surface area contributed by atoms with Crippen LogP contribution in [0.1, 0.15) is 38.3 Å². The van der Waals surface area contributed by atoms with Crippen LogP contribution >= 0.6 is 0 Å². The van der Waals surface area contributed by atoms with Crippen molar-refractivity contribution in [3.05, 3.63) is 54.0 Å². The van der Waals surface area contributed by atoms with Crippen molar-refractivity contribution in [2.75, 3.05) is 4.90 Å². The van der Waals surface area contributed by atoms with Gasteiger partial charge in [0.25, 0.3) is 0 Å². The molecule has 2 aromatic rings. The number of hydrogen-bond acceptors (Lipinski definition) is 4. The first-order chi connectivity index (χ1) is 12.0. The molecule has 0 N–H and O–H groups in total. The number of alkyl halides is 4. The van der Waals surface area contributed by atoms with Crippen molar-refractivity contribution in [2.45, 2.75) is 38.8 Å². The highest BCUT2D eigenvalue weighted by atomic mass is 19.4. The summed E-state index contributed by atoms with van der Waals surface area (Å²) in [5.74, 6) is -0.0471. The van der Waals surface area contributed by atoms with E-state index >= 15 is 4.39 Å². The van der Waals surface area contributed by atoms with Crippen LogP contribution < -0.4 is 4.90 Å². The molecule has 140 valence electrons. The van der Waals surface area contributed by atoms with E-state index in [-0.39, 0.29) is 11.4 Å². The van der Waals surface area contributed by atoms with Crippen molar-refractivity contribution in [1.82, 2.24) is 9.97 Å². The first-order valence-corrected chi connectivity index (χ1v) is 7.59. The molecule has 0 aliphatic rings. The van der Waals surface area contributed by atoms with E-state index in [4.69, 9.17) is 4.74 Å². The fourth-order valence-corrected chi connectivity index (χ4v) is 1.97. The molecule has 2 rings (SSSR count). The fraction of sp³-hybridized carbons (Fsp3) is 0.353. The van der Waals surface area contributed by atoms with Gasteiger partial charge in [-0.25, -0.2) is 19.1 Å². The van der Waals surface area contributed by atoms with E-state index in [1.165, 1.54) is 18.3 Å². The van der Waals surface area contributed by atoms with Crippen LogP contribution in [-0.4, -0.2) is 21.7 Å². The summed E-state index contributed by atoms with van der Waals surface area (Å²) in [5.41, 5.74) is -2.30.